The summed E-state index contributed by atoms with van der Waals surface area (Å²) in [5.74, 6) is -0.106. The van der Waals surface area contributed by atoms with E-state index >= 15 is 0 Å². The van der Waals surface area contributed by atoms with Crippen LogP contribution in [0.4, 0.5) is 0 Å². The third kappa shape index (κ3) is 4.39. The fraction of sp³-hybridized carbons (Fsp3) is 0.429. The number of aromatic nitrogens is 1. The van der Waals surface area contributed by atoms with E-state index in [4.69, 9.17) is 4.74 Å². The Hall–Kier alpha value is -2.60. The molecule has 0 fully saturated rings. The van der Waals surface area contributed by atoms with Crippen LogP contribution < -0.4 is 5.32 Å². The van der Waals surface area contributed by atoms with Gasteiger partial charge in [0.2, 0.25) is 11.8 Å². The number of rotatable bonds is 7. The number of aryl methyl sites for hydroxylation is 1. The normalized spacial score (nSPS) is 16.1. The number of hydrogen-bond acceptors (Lipinski definition) is 3. The first-order valence-electron chi connectivity index (χ1n) is 9.37. The predicted octanol–water partition coefficient (Wildman–Crippen LogP) is 2.27. The molecule has 27 heavy (non-hydrogen) atoms. The summed E-state index contributed by atoms with van der Waals surface area (Å²) in [6.07, 6.45) is 2.47. The highest BCUT2D eigenvalue weighted by Gasteiger charge is 2.32. The molecule has 1 atom stereocenters. The fourth-order valence-electron chi connectivity index (χ4n) is 3.62. The van der Waals surface area contributed by atoms with Crippen molar-refractivity contribution in [2.24, 2.45) is 0 Å². The molecule has 2 aromatic rings. The number of carbonyl (C=O) groups excluding carboxylic acids is 2. The van der Waals surface area contributed by atoms with Gasteiger partial charge in [-0.05, 0) is 30.2 Å². The number of benzene rings is 1. The topological polar surface area (TPSA) is 63.6 Å². The monoisotopic (exact) mass is 369 g/mol. The van der Waals surface area contributed by atoms with Gasteiger partial charge in [-0.25, -0.2) is 0 Å². The second kappa shape index (κ2) is 8.86. The van der Waals surface area contributed by atoms with Crippen LogP contribution >= 0.6 is 0 Å². The summed E-state index contributed by atoms with van der Waals surface area (Å²) in [6, 6.07) is 12.2. The summed E-state index contributed by atoms with van der Waals surface area (Å²) in [6.45, 7) is 4.43. The van der Waals surface area contributed by atoms with E-state index in [1.807, 2.05) is 23.1 Å². The Labute approximate surface area is 160 Å². The van der Waals surface area contributed by atoms with E-state index in [0.29, 0.717) is 19.7 Å². The van der Waals surface area contributed by atoms with Gasteiger partial charge in [0.15, 0.2) is 0 Å². The molecule has 1 aliphatic heterocycles. The molecule has 3 rings (SSSR count). The predicted molar refractivity (Wildman–Crippen MR) is 103 cm³/mol. The van der Waals surface area contributed by atoms with Crippen LogP contribution in [0.2, 0.25) is 0 Å². The Morgan fingerprint density at radius 2 is 1.96 bits per heavy atom. The Kier molecular flexibility index (Phi) is 6.29. The minimum atomic E-state index is -0.117. The second-order valence-corrected chi connectivity index (χ2v) is 6.82. The molecule has 6 nitrogen and oxygen atoms in total. The van der Waals surface area contributed by atoms with Crippen molar-refractivity contribution in [3.8, 4) is 0 Å². The summed E-state index contributed by atoms with van der Waals surface area (Å²) >= 11 is 0. The van der Waals surface area contributed by atoms with Crippen LogP contribution in [0.15, 0.2) is 42.6 Å². The van der Waals surface area contributed by atoms with E-state index in [9.17, 15) is 9.59 Å². The van der Waals surface area contributed by atoms with Gasteiger partial charge in [-0.2, -0.15) is 0 Å². The average Bonchev–Trinajstić information content (AvgIpc) is 3.15. The lowest BCUT2D eigenvalue weighted by atomic mass is 9.95. The van der Waals surface area contributed by atoms with Crippen LogP contribution in [-0.2, 0) is 20.9 Å². The van der Waals surface area contributed by atoms with Gasteiger partial charge in [-0.3, -0.25) is 9.59 Å². The summed E-state index contributed by atoms with van der Waals surface area (Å²) in [4.78, 5) is 26.8. The zero-order valence-corrected chi connectivity index (χ0v) is 16.0. The molecule has 1 aromatic carbocycles. The van der Waals surface area contributed by atoms with Gasteiger partial charge < -0.3 is 19.5 Å². The van der Waals surface area contributed by atoms with Crippen molar-refractivity contribution >= 4 is 11.8 Å². The minimum absolute atomic E-state index is 0.0117. The van der Waals surface area contributed by atoms with Gasteiger partial charge in [0.25, 0.3) is 0 Å². The third-order valence-electron chi connectivity index (χ3n) is 5.04. The molecule has 1 aromatic heterocycles. The molecule has 0 aliphatic carbocycles. The summed E-state index contributed by atoms with van der Waals surface area (Å²) in [5, 5.41) is 2.77. The first-order chi connectivity index (χ1) is 13.1. The Morgan fingerprint density at radius 1 is 1.15 bits per heavy atom. The lowest BCUT2D eigenvalue weighted by Gasteiger charge is -2.38. The van der Waals surface area contributed by atoms with Crippen LogP contribution in [0.3, 0.4) is 0 Å². The number of carbonyl (C=O) groups is 2. The number of methoxy groups -OCH3 is 1. The molecule has 0 unspecified atom stereocenters. The van der Waals surface area contributed by atoms with Gasteiger partial charge in [-0.1, -0.05) is 24.3 Å². The van der Waals surface area contributed by atoms with Gasteiger partial charge in [-0.15, -0.1) is 0 Å². The molecule has 2 heterocycles. The minimum Gasteiger partial charge on any atom is -0.383 e. The Bertz CT molecular complexity index is 799. The lowest BCUT2D eigenvalue weighted by Crippen LogP contribution is -2.43. The Balaban J connectivity index is 1.74. The van der Waals surface area contributed by atoms with Crippen LogP contribution in [0.1, 0.15) is 35.7 Å². The van der Waals surface area contributed by atoms with E-state index in [0.717, 1.165) is 23.4 Å². The molecule has 0 saturated carbocycles. The highest BCUT2D eigenvalue weighted by atomic mass is 16.5. The van der Waals surface area contributed by atoms with E-state index in [1.54, 1.807) is 7.11 Å². The highest BCUT2D eigenvalue weighted by molar-refractivity contribution is 5.84. The lowest BCUT2D eigenvalue weighted by molar-refractivity contribution is -0.136. The maximum atomic E-state index is 13.0. The molecule has 6 heteroatoms. The van der Waals surface area contributed by atoms with Gasteiger partial charge >= 0.3 is 0 Å². The molecule has 0 bridgehead atoms. The smallest absolute Gasteiger partial charge is 0.223 e. The Morgan fingerprint density at radius 3 is 2.74 bits per heavy atom. The second-order valence-electron chi connectivity index (χ2n) is 6.82. The van der Waals surface area contributed by atoms with E-state index in [2.05, 4.69) is 41.2 Å². The quantitative estimate of drug-likeness (QED) is 0.762. The van der Waals surface area contributed by atoms with Crippen molar-refractivity contribution in [3.05, 3.63) is 59.4 Å². The first kappa shape index (κ1) is 19.2. The van der Waals surface area contributed by atoms with Crippen molar-refractivity contribution in [3.63, 3.8) is 0 Å². The van der Waals surface area contributed by atoms with E-state index in [-0.39, 0.29) is 30.7 Å². The maximum Gasteiger partial charge on any atom is 0.223 e. The largest absolute Gasteiger partial charge is 0.383 e. The molecule has 2 amide bonds. The fourth-order valence-corrected chi connectivity index (χ4v) is 3.62. The number of nitrogens with one attached hydrogen (secondary N) is 1. The summed E-state index contributed by atoms with van der Waals surface area (Å²) < 4.78 is 7.13. The molecule has 144 valence electrons. The van der Waals surface area contributed by atoms with Crippen LogP contribution in [0, 0.1) is 6.92 Å². The summed E-state index contributed by atoms with van der Waals surface area (Å²) in [5.41, 5.74) is 3.41. The molecular weight excluding hydrogens is 342 g/mol. The number of nitrogens with zero attached hydrogens (tertiary/aromatic N) is 2. The van der Waals surface area contributed by atoms with Crippen molar-refractivity contribution in [1.29, 1.82) is 0 Å². The zero-order valence-electron chi connectivity index (χ0n) is 16.0. The van der Waals surface area contributed by atoms with Crippen LogP contribution in [-0.4, -0.2) is 48.1 Å². The highest BCUT2D eigenvalue weighted by Crippen LogP contribution is 2.34. The molecule has 1 N–H and O–H groups in total. The van der Waals surface area contributed by atoms with Gasteiger partial charge in [0, 0.05) is 51.5 Å². The van der Waals surface area contributed by atoms with Gasteiger partial charge in [0.05, 0.1) is 12.6 Å². The van der Waals surface area contributed by atoms with Crippen LogP contribution in [0.5, 0.6) is 0 Å². The first-order valence-corrected chi connectivity index (χ1v) is 9.37. The maximum absolute atomic E-state index is 13.0. The van der Waals surface area contributed by atoms with Crippen LogP contribution in [0.25, 0.3) is 0 Å². The molecular formula is C21H27N3O3. The molecule has 0 spiro atoms. The SMILES string of the molecule is COCCNC(=O)CCC(=O)N1CCn2cccc2[C@H]1c1ccccc1C. The number of fused-ring (bicyclic) bond motifs is 1. The van der Waals surface area contributed by atoms with E-state index in [1.165, 1.54) is 0 Å². The third-order valence-corrected chi connectivity index (χ3v) is 5.04. The van der Waals surface area contributed by atoms with Crippen molar-refractivity contribution in [1.82, 2.24) is 14.8 Å². The number of hydrogen-bond donors (Lipinski definition) is 1. The molecule has 1 aliphatic rings. The molecule has 0 saturated heterocycles. The summed E-state index contributed by atoms with van der Waals surface area (Å²) in [7, 11) is 1.59. The molecule has 0 radical (unpaired) electrons. The number of amides is 2. The number of ether oxygens (including phenoxy) is 1. The van der Waals surface area contributed by atoms with Crippen molar-refractivity contribution < 1.29 is 14.3 Å². The van der Waals surface area contributed by atoms with Crippen molar-refractivity contribution in [2.45, 2.75) is 32.4 Å². The zero-order chi connectivity index (χ0) is 19.2. The average molecular weight is 369 g/mol. The standard InChI is InChI=1S/C21H27N3O3/c1-16-6-3-4-7-17(16)21-18-8-5-12-23(18)13-14-24(21)20(26)10-9-19(25)22-11-15-27-2/h3-8,12,21H,9-11,13-15H2,1-2H3,(H,22,25)/t21-/m1/s1. The van der Waals surface area contributed by atoms with Crippen molar-refractivity contribution in [2.75, 3.05) is 26.8 Å². The van der Waals surface area contributed by atoms with E-state index < -0.39 is 0 Å². The van der Waals surface area contributed by atoms with Gasteiger partial charge in [0.1, 0.15) is 0 Å².